The monoisotopic (exact) mass is 227 g/mol. The van der Waals surface area contributed by atoms with Gasteiger partial charge in [0, 0.05) is 23.4 Å². The summed E-state index contributed by atoms with van der Waals surface area (Å²) in [5.74, 6) is -0.159. The van der Waals surface area contributed by atoms with E-state index in [-0.39, 0.29) is 5.82 Å². The van der Waals surface area contributed by atoms with Crippen LogP contribution in [0.25, 0.3) is 11.1 Å². The van der Waals surface area contributed by atoms with Crippen LogP contribution in [-0.4, -0.2) is 6.54 Å². The van der Waals surface area contributed by atoms with E-state index in [1.807, 2.05) is 24.3 Å². The molecule has 1 aliphatic heterocycles. The molecule has 0 spiro atoms. The van der Waals surface area contributed by atoms with E-state index in [4.69, 9.17) is 0 Å². The molecule has 0 aromatic heterocycles. The van der Waals surface area contributed by atoms with Crippen LogP contribution in [0, 0.1) is 5.82 Å². The molecule has 0 bridgehead atoms. The first-order chi connectivity index (χ1) is 8.36. The highest BCUT2D eigenvalue weighted by Crippen LogP contribution is 2.34. The second kappa shape index (κ2) is 4.21. The van der Waals surface area contributed by atoms with Crippen LogP contribution in [0.15, 0.2) is 42.5 Å². The second-order valence-electron chi connectivity index (χ2n) is 4.35. The van der Waals surface area contributed by atoms with Crippen molar-refractivity contribution in [1.82, 2.24) is 0 Å². The molecule has 1 aliphatic rings. The van der Waals surface area contributed by atoms with Crippen molar-refractivity contribution >= 4 is 5.69 Å². The number of anilines is 1. The van der Waals surface area contributed by atoms with Gasteiger partial charge in [-0.1, -0.05) is 36.4 Å². The van der Waals surface area contributed by atoms with Gasteiger partial charge in [-0.25, -0.2) is 4.39 Å². The summed E-state index contributed by atoms with van der Waals surface area (Å²) in [7, 11) is 0. The summed E-state index contributed by atoms with van der Waals surface area (Å²) in [5, 5.41) is 3.39. The van der Waals surface area contributed by atoms with Crippen LogP contribution in [-0.2, 0) is 6.42 Å². The predicted molar refractivity (Wildman–Crippen MR) is 68.6 cm³/mol. The van der Waals surface area contributed by atoms with Crippen LogP contribution in [0.2, 0.25) is 0 Å². The lowest BCUT2D eigenvalue weighted by Crippen LogP contribution is -2.12. The fourth-order valence-corrected chi connectivity index (χ4v) is 2.41. The van der Waals surface area contributed by atoms with Crippen LogP contribution in [0.3, 0.4) is 0 Å². The van der Waals surface area contributed by atoms with Gasteiger partial charge in [0.15, 0.2) is 0 Å². The van der Waals surface area contributed by atoms with E-state index >= 15 is 0 Å². The van der Waals surface area contributed by atoms with Crippen molar-refractivity contribution in [1.29, 1.82) is 0 Å². The molecule has 0 radical (unpaired) electrons. The minimum absolute atomic E-state index is 0.159. The topological polar surface area (TPSA) is 12.0 Å². The number of benzene rings is 2. The third-order valence-corrected chi connectivity index (χ3v) is 3.24. The van der Waals surface area contributed by atoms with E-state index in [0.717, 1.165) is 30.6 Å². The molecule has 0 fully saturated rings. The lowest BCUT2D eigenvalue weighted by molar-refractivity contribution is 0.631. The molecule has 0 atom stereocenters. The molecule has 2 aromatic carbocycles. The maximum absolute atomic E-state index is 13.8. The first-order valence-corrected chi connectivity index (χ1v) is 5.97. The molecule has 0 aliphatic carbocycles. The number of hydrogen-bond acceptors (Lipinski definition) is 1. The zero-order chi connectivity index (χ0) is 11.7. The van der Waals surface area contributed by atoms with Gasteiger partial charge in [0.2, 0.25) is 0 Å². The number of nitrogens with one attached hydrogen (secondary N) is 1. The maximum Gasteiger partial charge on any atom is 0.131 e. The molecule has 2 aromatic rings. The lowest BCUT2D eigenvalue weighted by atomic mass is 9.95. The van der Waals surface area contributed by atoms with Crippen molar-refractivity contribution in [3.05, 3.63) is 53.8 Å². The Morgan fingerprint density at radius 1 is 0.941 bits per heavy atom. The molecule has 0 saturated carbocycles. The molecule has 1 nitrogen and oxygen atoms in total. The Kier molecular flexibility index (Phi) is 2.56. The number of rotatable bonds is 1. The van der Waals surface area contributed by atoms with Crippen LogP contribution in [0.4, 0.5) is 10.1 Å². The first-order valence-electron chi connectivity index (χ1n) is 5.97. The zero-order valence-electron chi connectivity index (χ0n) is 9.54. The van der Waals surface area contributed by atoms with Gasteiger partial charge >= 0.3 is 0 Å². The number of aryl methyl sites for hydroxylation is 1. The second-order valence-corrected chi connectivity index (χ2v) is 4.35. The first kappa shape index (κ1) is 10.3. The van der Waals surface area contributed by atoms with E-state index in [1.54, 1.807) is 6.07 Å². The normalized spacial score (nSPS) is 13.9. The minimum atomic E-state index is -0.159. The molecule has 2 heteroatoms. The maximum atomic E-state index is 13.8. The van der Waals surface area contributed by atoms with Gasteiger partial charge in [0.1, 0.15) is 5.82 Å². The summed E-state index contributed by atoms with van der Waals surface area (Å²) < 4.78 is 13.8. The average Bonchev–Trinajstić information content (AvgIpc) is 2.39. The van der Waals surface area contributed by atoms with Gasteiger partial charge in [-0.2, -0.15) is 0 Å². The van der Waals surface area contributed by atoms with Crippen molar-refractivity contribution in [2.45, 2.75) is 12.8 Å². The van der Waals surface area contributed by atoms with Gasteiger partial charge in [-0.05, 0) is 24.5 Å². The van der Waals surface area contributed by atoms with Gasteiger partial charge in [-0.15, -0.1) is 0 Å². The van der Waals surface area contributed by atoms with Crippen molar-refractivity contribution < 1.29 is 4.39 Å². The quantitative estimate of drug-likeness (QED) is 0.780. The Bertz CT molecular complexity index is 548. The van der Waals surface area contributed by atoms with Crippen LogP contribution in [0.5, 0.6) is 0 Å². The van der Waals surface area contributed by atoms with Crippen LogP contribution in [0.1, 0.15) is 12.0 Å². The van der Waals surface area contributed by atoms with E-state index < -0.39 is 0 Å². The number of para-hydroxylation sites is 1. The largest absolute Gasteiger partial charge is 0.384 e. The minimum Gasteiger partial charge on any atom is -0.384 e. The molecule has 0 unspecified atom stereocenters. The van der Waals surface area contributed by atoms with Gasteiger partial charge in [-0.3, -0.25) is 0 Å². The SMILES string of the molecule is Fc1ccccc1-c1cccc2c1NCCC2. The van der Waals surface area contributed by atoms with Gasteiger partial charge in [0.25, 0.3) is 0 Å². The molecule has 1 N–H and O–H groups in total. The summed E-state index contributed by atoms with van der Waals surface area (Å²) in [6.45, 7) is 0.971. The van der Waals surface area contributed by atoms with E-state index in [1.165, 1.54) is 11.6 Å². The van der Waals surface area contributed by atoms with E-state index in [9.17, 15) is 4.39 Å². The molecule has 1 heterocycles. The fraction of sp³-hybridized carbons (Fsp3) is 0.200. The fourth-order valence-electron chi connectivity index (χ4n) is 2.41. The average molecular weight is 227 g/mol. The number of fused-ring (bicyclic) bond motifs is 1. The molecule has 17 heavy (non-hydrogen) atoms. The Hall–Kier alpha value is -1.83. The lowest BCUT2D eigenvalue weighted by Gasteiger charge is -2.21. The molecular weight excluding hydrogens is 213 g/mol. The van der Waals surface area contributed by atoms with Crippen molar-refractivity contribution in [2.75, 3.05) is 11.9 Å². The summed E-state index contributed by atoms with van der Waals surface area (Å²) in [6.07, 6.45) is 2.22. The zero-order valence-corrected chi connectivity index (χ0v) is 9.54. The Labute approximate surface area is 100 Å². The third-order valence-electron chi connectivity index (χ3n) is 3.24. The highest BCUT2D eigenvalue weighted by Gasteiger charge is 2.15. The molecule has 3 rings (SSSR count). The Morgan fingerprint density at radius 2 is 1.76 bits per heavy atom. The Balaban J connectivity index is 2.18. The van der Waals surface area contributed by atoms with E-state index in [0.29, 0.717) is 5.56 Å². The summed E-state index contributed by atoms with van der Waals surface area (Å²) >= 11 is 0. The number of halogens is 1. The van der Waals surface area contributed by atoms with Crippen molar-refractivity contribution in [3.8, 4) is 11.1 Å². The predicted octanol–water partition coefficient (Wildman–Crippen LogP) is 3.85. The summed E-state index contributed by atoms with van der Waals surface area (Å²) in [5.41, 5.74) is 4.04. The van der Waals surface area contributed by atoms with Gasteiger partial charge in [0.05, 0.1) is 0 Å². The molecular formula is C15H14FN. The van der Waals surface area contributed by atoms with E-state index in [2.05, 4.69) is 11.4 Å². The van der Waals surface area contributed by atoms with Crippen molar-refractivity contribution in [3.63, 3.8) is 0 Å². The molecule has 0 amide bonds. The standard InChI is InChI=1S/C15H14FN/c16-14-9-2-1-7-12(14)13-8-3-5-11-6-4-10-17-15(11)13/h1-3,5,7-9,17H,4,6,10H2. The Morgan fingerprint density at radius 3 is 2.65 bits per heavy atom. The van der Waals surface area contributed by atoms with Crippen LogP contribution < -0.4 is 5.32 Å². The summed E-state index contributed by atoms with van der Waals surface area (Å²) in [4.78, 5) is 0. The third kappa shape index (κ3) is 1.80. The highest BCUT2D eigenvalue weighted by atomic mass is 19.1. The van der Waals surface area contributed by atoms with Crippen LogP contribution >= 0.6 is 0 Å². The van der Waals surface area contributed by atoms with Crippen molar-refractivity contribution in [2.24, 2.45) is 0 Å². The number of hydrogen-bond donors (Lipinski definition) is 1. The summed E-state index contributed by atoms with van der Waals surface area (Å²) in [6, 6.07) is 13.1. The highest BCUT2D eigenvalue weighted by molar-refractivity contribution is 5.81. The molecule has 86 valence electrons. The smallest absolute Gasteiger partial charge is 0.131 e. The van der Waals surface area contributed by atoms with Gasteiger partial charge < -0.3 is 5.32 Å². The molecule has 0 saturated heterocycles.